The molecule has 0 amide bonds. The first-order valence-corrected chi connectivity index (χ1v) is 7.78. The maximum atomic E-state index is 11.9. The molecule has 0 saturated carbocycles. The summed E-state index contributed by atoms with van der Waals surface area (Å²) in [5.74, 6) is -0.841. The largest absolute Gasteiger partial charge is 0.461 e. The van der Waals surface area contributed by atoms with E-state index >= 15 is 0 Å². The van der Waals surface area contributed by atoms with Crippen molar-refractivity contribution < 1.29 is 24.2 Å². The molecule has 0 radical (unpaired) electrons. The number of rotatable bonds is 2. The number of hydrogen-bond acceptors (Lipinski definition) is 5. The highest BCUT2D eigenvalue weighted by Gasteiger charge is 2.54. The number of allylic oxidation sites excluding steroid dienone is 1. The van der Waals surface area contributed by atoms with Gasteiger partial charge in [0.2, 0.25) is 0 Å². The van der Waals surface area contributed by atoms with E-state index in [1.807, 2.05) is 13.0 Å². The third-order valence-corrected chi connectivity index (χ3v) is 5.22. The summed E-state index contributed by atoms with van der Waals surface area (Å²) in [6.45, 7) is 5.26. The number of ether oxygens (including phenoxy) is 2. The molecule has 120 valence electrons. The predicted octanol–water partition coefficient (Wildman–Crippen LogP) is 1.75. The van der Waals surface area contributed by atoms with Crippen LogP contribution in [0.4, 0.5) is 0 Å². The zero-order chi connectivity index (χ0) is 16.1. The molecule has 5 unspecified atom stereocenters. The highest BCUT2D eigenvalue weighted by atomic mass is 16.6. The van der Waals surface area contributed by atoms with E-state index < -0.39 is 5.60 Å². The van der Waals surface area contributed by atoms with E-state index in [0.29, 0.717) is 0 Å². The Balaban J connectivity index is 1.97. The summed E-state index contributed by atoms with van der Waals surface area (Å²) in [4.78, 5) is 23.0. The molecule has 1 saturated heterocycles. The average Bonchev–Trinajstić information content (AvgIpc) is 2.82. The number of fused-ring (bicyclic) bond motifs is 3. The fourth-order valence-electron chi connectivity index (χ4n) is 3.98. The molecule has 1 N–H and O–H groups in total. The maximum Gasteiger partial charge on any atom is 0.309 e. The second-order valence-electron chi connectivity index (χ2n) is 6.77. The summed E-state index contributed by atoms with van der Waals surface area (Å²) in [5.41, 5.74) is 0.932. The van der Waals surface area contributed by atoms with Crippen molar-refractivity contribution in [1.82, 2.24) is 0 Å². The van der Waals surface area contributed by atoms with Crippen molar-refractivity contribution in [2.45, 2.75) is 45.3 Å². The fourth-order valence-corrected chi connectivity index (χ4v) is 3.98. The van der Waals surface area contributed by atoms with E-state index in [9.17, 15) is 14.7 Å². The van der Waals surface area contributed by atoms with Gasteiger partial charge < -0.3 is 14.6 Å². The van der Waals surface area contributed by atoms with Gasteiger partial charge in [-0.3, -0.25) is 9.59 Å². The summed E-state index contributed by atoms with van der Waals surface area (Å²) in [7, 11) is 0. The van der Waals surface area contributed by atoms with Crippen LogP contribution < -0.4 is 0 Å². The topological polar surface area (TPSA) is 72.8 Å². The third kappa shape index (κ3) is 2.37. The van der Waals surface area contributed by atoms with Gasteiger partial charge in [0.25, 0.3) is 0 Å². The SMILES string of the molecule is CC(=O)OCC1=C2C=CC(C)(O)C2C2OC(=O)C(C)C2CC1. The molecule has 3 aliphatic rings. The molecular weight excluding hydrogens is 284 g/mol. The molecule has 0 spiro atoms. The number of hydrogen-bond donors (Lipinski definition) is 1. The Hall–Kier alpha value is -1.62. The highest BCUT2D eigenvalue weighted by Crippen LogP contribution is 2.49. The predicted molar refractivity (Wildman–Crippen MR) is 78.7 cm³/mol. The Morgan fingerprint density at radius 1 is 1.55 bits per heavy atom. The Kier molecular flexibility index (Phi) is 3.63. The lowest BCUT2D eigenvalue weighted by Gasteiger charge is -2.32. The molecule has 5 atom stereocenters. The molecule has 2 aliphatic carbocycles. The number of esters is 2. The van der Waals surface area contributed by atoms with Crippen molar-refractivity contribution in [3.8, 4) is 0 Å². The minimum atomic E-state index is -1.05. The summed E-state index contributed by atoms with van der Waals surface area (Å²) in [6.07, 6.45) is 4.89. The van der Waals surface area contributed by atoms with Gasteiger partial charge in [0, 0.05) is 12.8 Å². The molecule has 0 aromatic carbocycles. The Labute approximate surface area is 130 Å². The van der Waals surface area contributed by atoms with Gasteiger partial charge in [-0.25, -0.2) is 0 Å². The van der Waals surface area contributed by atoms with Gasteiger partial charge in [-0.05, 0) is 30.9 Å². The van der Waals surface area contributed by atoms with E-state index in [-0.39, 0.29) is 42.4 Å². The smallest absolute Gasteiger partial charge is 0.309 e. The fraction of sp³-hybridized carbons (Fsp3) is 0.647. The van der Waals surface area contributed by atoms with Crippen molar-refractivity contribution in [2.75, 3.05) is 6.61 Å². The third-order valence-electron chi connectivity index (χ3n) is 5.22. The van der Waals surface area contributed by atoms with E-state index in [1.54, 1.807) is 13.0 Å². The zero-order valence-corrected chi connectivity index (χ0v) is 13.2. The first-order chi connectivity index (χ1) is 10.3. The average molecular weight is 306 g/mol. The van der Waals surface area contributed by atoms with Crippen LogP contribution in [0.25, 0.3) is 0 Å². The molecule has 0 aromatic rings. The highest BCUT2D eigenvalue weighted by molar-refractivity contribution is 5.75. The van der Waals surface area contributed by atoms with Gasteiger partial charge in [-0.15, -0.1) is 0 Å². The first-order valence-electron chi connectivity index (χ1n) is 7.78. The minimum Gasteiger partial charge on any atom is -0.461 e. The molecule has 5 nitrogen and oxygen atoms in total. The van der Waals surface area contributed by atoms with E-state index in [2.05, 4.69) is 0 Å². The monoisotopic (exact) mass is 306 g/mol. The molecule has 0 bridgehead atoms. The Bertz CT molecular complexity index is 572. The van der Waals surface area contributed by atoms with E-state index in [1.165, 1.54) is 6.92 Å². The molecule has 1 heterocycles. The summed E-state index contributed by atoms with van der Waals surface area (Å²) in [5, 5.41) is 10.7. The van der Waals surface area contributed by atoms with Gasteiger partial charge >= 0.3 is 11.9 Å². The van der Waals surface area contributed by atoms with Crippen LogP contribution in [0.2, 0.25) is 0 Å². The van der Waals surface area contributed by atoms with Gasteiger partial charge in [-0.1, -0.05) is 19.1 Å². The molecule has 3 rings (SSSR count). The standard InChI is InChI=1S/C17H22O5/c1-9-12-5-4-11(8-21-10(2)18)13-6-7-17(3,20)14(13)15(12)22-16(9)19/h6-7,9,12,14-15,20H,4-5,8H2,1-3H3. The van der Waals surface area contributed by atoms with Crippen molar-refractivity contribution in [3.63, 3.8) is 0 Å². The molecule has 0 aromatic heterocycles. The van der Waals surface area contributed by atoms with Crippen LogP contribution in [-0.4, -0.2) is 35.4 Å². The van der Waals surface area contributed by atoms with Crippen molar-refractivity contribution in [3.05, 3.63) is 23.3 Å². The molecule has 5 heteroatoms. The normalized spacial score (nSPS) is 40.1. The minimum absolute atomic E-state index is 0.0914. The van der Waals surface area contributed by atoms with Crippen LogP contribution >= 0.6 is 0 Å². The zero-order valence-electron chi connectivity index (χ0n) is 13.2. The van der Waals surface area contributed by atoms with Crippen molar-refractivity contribution in [1.29, 1.82) is 0 Å². The summed E-state index contributed by atoms with van der Waals surface area (Å²) >= 11 is 0. The lowest BCUT2D eigenvalue weighted by molar-refractivity contribution is -0.147. The number of carbonyl (C=O) groups is 2. The Morgan fingerprint density at radius 2 is 2.27 bits per heavy atom. The number of carbonyl (C=O) groups excluding carboxylic acids is 2. The maximum absolute atomic E-state index is 11.9. The Morgan fingerprint density at radius 3 is 2.95 bits per heavy atom. The molecule has 1 fully saturated rings. The van der Waals surface area contributed by atoms with Crippen LogP contribution in [0.15, 0.2) is 23.3 Å². The second-order valence-corrected chi connectivity index (χ2v) is 6.77. The first kappa shape index (κ1) is 15.3. The lowest BCUT2D eigenvalue weighted by Crippen LogP contribution is -2.41. The van der Waals surface area contributed by atoms with Crippen LogP contribution in [0.1, 0.15) is 33.6 Å². The molecule has 1 aliphatic heterocycles. The quantitative estimate of drug-likeness (QED) is 0.787. The van der Waals surface area contributed by atoms with Gasteiger partial charge in [-0.2, -0.15) is 0 Å². The van der Waals surface area contributed by atoms with E-state index in [4.69, 9.17) is 9.47 Å². The van der Waals surface area contributed by atoms with Crippen LogP contribution in [0.3, 0.4) is 0 Å². The lowest BCUT2D eigenvalue weighted by atomic mass is 9.77. The van der Waals surface area contributed by atoms with Gasteiger partial charge in [0.1, 0.15) is 12.7 Å². The van der Waals surface area contributed by atoms with E-state index in [0.717, 1.165) is 24.0 Å². The number of aliphatic hydroxyl groups is 1. The van der Waals surface area contributed by atoms with Gasteiger partial charge in [0.15, 0.2) is 0 Å². The van der Waals surface area contributed by atoms with Crippen LogP contribution in [0, 0.1) is 17.8 Å². The van der Waals surface area contributed by atoms with Crippen molar-refractivity contribution >= 4 is 11.9 Å². The van der Waals surface area contributed by atoms with Crippen molar-refractivity contribution in [2.24, 2.45) is 17.8 Å². The summed E-state index contributed by atoms with van der Waals surface area (Å²) < 4.78 is 10.8. The van der Waals surface area contributed by atoms with Crippen LogP contribution in [0.5, 0.6) is 0 Å². The summed E-state index contributed by atoms with van der Waals surface area (Å²) in [6, 6.07) is 0. The molecular formula is C17H22O5. The second kappa shape index (κ2) is 5.23. The molecule has 22 heavy (non-hydrogen) atoms. The van der Waals surface area contributed by atoms with Crippen LogP contribution in [-0.2, 0) is 19.1 Å². The van der Waals surface area contributed by atoms with Gasteiger partial charge in [0.05, 0.1) is 17.4 Å².